The van der Waals surface area contributed by atoms with Crippen molar-refractivity contribution >= 4 is 58.3 Å². The van der Waals surface area contributed by atoms with E-state index in [2.05, 4.69) is 49.3 Å². The number of nitrogens with two attached hydrogens (primary N) is 1. The molecule has 0 aromatic carbocycles. The predicted octanol–water partition coefficient (Wildman–Crippen LogP) is 3.28. The summed E-state index contributed by atoms with van der Waals surface area (Å²) in [6.07, 6.45) is 7.52. The zero-order valence-electron chi connectivity index (χ0n) is 12.0. The van der Waals surface area contributed by atoms with Crippen LogP contribution in [0.5, 0.6) is 0 Å². The van der Waals surface area contributed by atoms with Gasteiger partial charge in [0.15, 0.2) is 0 Å². The molecule has 0 rings (SSSR count). The van der Waals surface area contributed by atoms with E-state index in [4.69, 9.17) is 24.8 Å². The van der Waals surface area contributed by atoms with Gasteiger partial charge in [0.25, 0.3) is 0 Å². The number of unbranched alkanes of at least 4 members (excludes halogenated alkanes) is 4. The molecular formula is C12H24N2S4Zn. The zero-order chi connectivity index (χ0) is 14.4. The Balaban J connectivity index is -0.000000448. The fraction of sp³-hybridized carbons (Fsp3) is 0.833. The summed E-state index contributed by atoms with van der Waals surface area (Å²) in [4.78, 5) is 2.18. The normalized spacial score (nSPS) is 8.74. The van der Waals surface area contributed by atoms with E-state index in [0.29, 0.717) is 4.32 Å². The van der Waals surface area contributed by atoms with Gasteiger partial charge < -0.3 is 60.3 Å². The second kappa shape index (κ2) is 18.8. The van der Waals surface area contributed by atoms with Gasteiger partial charge in [0.05, 0.1) is 0 Å². The van der Waals surface area contributed by atoms with Gasteiger partial charge in [0.2, 0.25) is 0 Å². The Morgan fingerprint density at radius 3 is 1.47 bits per heavy atom. The Hall–Kier alpha value is 0.843. The molecule has 7 heteroatoms. The molecule has 0 fully saturated rings. The first-order valence-electron chi connectivity index (χ1n) is 6.38. The van der Waals surface area contributed by atoms with Gasteiger partial charge in [0, 0.05) is 13.1 Å². The average Bonchev–Trinajstić information content (AvgIpc) is 2.26. The van der Waals surface area contributed by atoms with Crippen LogP contribution in [0.3, 0.4) is 0 Å². The van der Waals surface area contributed by atoms with Crippen LogP contribution in [0.25, 0.3) is 0 Å². The molecule has 108 valence electrons. The van der Waals surface area contributed by atoms with Gasteiger partial charge in [-0.15, -0.1) is 0 Å². The maximum atomic E-state index is 5.06. The maximum Gasteiger partial charge on any atom is 2.00 e. The zero-order valence-corrected chi connectivity index (χ0v) is 18.3. The van der Waals surface area contributed by atoms with Crippen LogP contribution in [-0.2, 0) is 44.7 Å². The molecule has 0 aromatic rings. The smallest absolute Gasteiger partial charge is 0.415 e. The van der Waals surface area contributed by atoms with E-state index in [0.717, 1.165) is 13.1 Å². The maximum absolute atomic E-state index is 5.06. The van der Waals surface area contributed by atoms with Crippen LogP contribution in [0.15, 0.2) is 0 Å². The van der Waals surface area contributed by atoms with E-state index in [1.165, 1.54) is 38.5 Å². The molecule has 19 heavy (non-hydrogen) atoms. The first-order valence-corrected chi connectivity index (χ1v) is 8.01. The van der Waals surface area contributed by atoms with Crippen LogP contribution in [0, 0.1) is 0 Å². The van der Waals surface area contributed by atoms with Gasteiger partial charge >= 0.3 is 19.5 Å². The molecule has 2 N–H and O–H groups in total. The van der Waals surface area contributed by atoms with Crippen LogP contribution in [0.2, 0.25) is 0 Å². The third-order valence-corrected chi connectivity index (χ3v) is 2.84. The molecule has 0 heterocycles. The third-order valence-electron chi connectivity index (χ3n) is 2.32. The molecule has 0 aromatic heterocycles. The van der Waals surface area contributed by atoms with Crippen LogP contribution in [0.1, 0.15) is 52.4 Å². The Bertz CT molecular complexity index is 214. The Morgan fingerprint density at radius 2 is 1.26 bits per heavy atom. The second-order valence-electron chi connectivity index (χ2n) is 3.99. The molecule has 0 aliphatic rings. The van der Waals surface area contributed by atoms with Gasteiger partial charge in [-0.2, -0.15) is 0 Å². The third kappa shape index (κ3) is 24.3. The van der Waals surface area contributed by atoms with E-state index in [9.17, 15) is 0 Å². The Kier molecular flexibility index (Phi) is 24.6. The van der Waals surface area contributed by atoms with Crippen molar-refractivity contribution in [1.29, 1.82) is 0 Å². The van der Waals surface area contributed by atoms with E-state index in [1.54, 1.807) is 0 Å². The molecular weight excluding hydrogens is 366 g/mol. The molecule has 0 radical (unpaired) electrons. The number of hydrogen-bond donors (Lipinski definition) is 1. The quantitative estimate of drug-likeness (QED) is 0.296. The van der Waals surface area contributed by atoms with E-state index in [1.807, 2.05) is 0 Å². The summed E-state index contributed by atoms with van der Waals surface area (Å²) < 4.78 is 0.734. The standard InChI is InChI=1S/C11H23NS2.CH3NS2.Zn/c1-3-5-7-9-12(11(13)14)10-8-6-4-2;2-1(3)4;/h3-10H2,1-2H3,(H,13,14);(H3,2,3,4);/q;;+2/p-2. The minimum atomic E-state index is 0. The number of thiocarbonyl (C=S) groups is 2. The Morgan fingerprint density at radius 1 is 0.947 bits per heavy atom. The van der Waals surface area contributed by atoms with Gasteiger partial charge in [-0.3, -0.25) is 0 Å². The van der Waals surface area contributed by atoms with Gasteiger partial charge in [-0.1, -0.05) is 48.2 Å². The Labute approximate surface area is 153 Å². The SMILES string of the molecule is CCCCCN(CCCCC)C(=S)[S-].NC(=S)[S-].[Zn+2]. The van der Waals surface area contributed by atoms with E-state index < -0.39 is 0 Å². The first-order chi connectivity index (χ1) is 8.45. The molecule has 0 saturated carbocycles. The van der Waals surface area contributed by atoms with Crippen molar-refractivity contribution in [3.63, 3.8) is 0 Å². The summed E-state index contributed by atoms with van der Waals surface area (Å²) in [5.41, 5.74) is 4.66. The van der Waals surface area contributed by atoms with E-state index in [-0.39, 0.29) is 23.8 Å². The van der Waals surface area contributed by atoms with Crippen molar-refractivity contribution in [2.24, 2.45) is 5.73 Å². The van der Waals surface area contributed by atoms with Crippen molar-refractivity contribution in [3.8, 4) is 0 Å². The fourth-order valence-corrected chi connectivity index (χ4v) is 1.76. The summed E-state index contributed by atoms with van der Waals surface area (Å²) in [7, 11) is 0. The predicted molar refractivity (Wildman–Crippen MR) is 94.7 cm³/mol. The van der Waals surface area contributed by atoms with Gasteiger partial charge in [-0.05, 0) is 12.8 Å². The van der Waals surface area contributed by atoms with Crippen LogP contribution in [0.4, 0.5) is 0 Å². The monoisotopic (exact) mass is 388 g/mol. The van der Waals surface area contributed by atoms with Gasteiger partial charge in [-0.25, -0.2) is 0 Å². The van der Waals surface area contributed by atoms with Crippen molar-refractivity contribution in [2.75, 3.05) is 13.1 Å². The molecule has 0 unspecified atom stereocenters. The van der Waals surface area contributed by atoms with Crippen LogP contribution < -0.4 is 5.73 Å². The topological polar surface area (TPSA) is 29.3 Å². The molecule has 0 aliphatic heterocycles. The molecule has 0 bridgehead atoms. The summed E-state index contributed by atoms with van der Waals surface area (Å²) in [6.45, 7) is 6.54. The molecule has 0 aliphatic carbocycles. The van der Waals surface area contributed by atoms with Crippen LogP contribution >= 0.6 is 24.4 Å². The average molecular weight is 390 g/mol. The number of rotatable bonds is 8. The van der Waals surface area contributed by atoms with Crippen molar-refractivity contribution in [3.05, 3.63) is 0 Å². The number of nitrogens with zero attached hydrogens (tertiary/aromatic N) is 1. The molecule has 0 atom stereocenters. The summed E-state index contributed by atoms with van der Waals surface area (Å²) in [6, 6.07) is 0. The summed E-state index contributed by atoms with van der Waals surface area (Å²) in [5, 5.41) is 0. The minimum Gasteiger partial charge on any atom is -0.415 e. The van der Waals surface area contributed by atoms with E-state index >= 15 is 0 Å². The van der Waals surface area contributed by atoms with Crippen molar-refractivity contribution in [1.82, 2.24) is 4.90 Å². The van der Waals surface area contributed by atoms with Crippen molar-refractivity contribution in [2.45, 2.75) is 52.4 Å². The molecule has 2 nitrogen and oxygen atoms in total. The van der Waals surface area contributed by atoms with Crippen molar-refractivity contribution < 1.29 is 19.5 Å². The van der Waals surface area contributed by atoms with Gasteiger partial charge in [0.1, 0.15) is 0 Å². The molecule has 0 spiro atoms. The van der Waals surface area contributed by atoms with Crippen LogP contribution in [-0.4, -0.2) is 26.6 Å². The number of hydrogen-bond acceptors (Lipinski definition) is 4. The fourth-order valence-electron chi connectivity index (χ4n) is 1.40. The summed E-state index contributed by atoms with van der Waals surface area (Å²) in [5.74, 6) is 0. The first kappa shape index (κ1) is 24.8. The molecule has 0 saturated heterocycles. The summed E-state index contributed by atoms with van der Waals surface area (Å²) >= 11 is 18.4. The minimum absolute atomic E-state index is 0. The largest absolute Gasteiger partial charge is 2.00 e. The molecule has 0 amide bonds. The second-order valence-corrected chi connectivity index (χ2v) is 6.16.